The normalized spacial score (nSPS) is 14.6. The lowest BCUT2D eigenvalue weighted by Gasteiger charge is -2.07. The van der Waals surface area contributed by atoms with Crippen LogP contribution in [0.25, 0.3) is 0 Å². The van der Waals surface area contributed by atoms with E-state index in [9.17, 15) is 8.78 Å². The van der Waals surface area contributed by atoms with E-state index in [2.05, 4.69) is 0 Å². The highest BCUT2D eigenvalue weighted by atomic mass is 19.3. The second kappa shape index (κ2) is 3.74. The maximum Gasteiger partial charge on any atom is 0.294 e. The lowest BCUT2D eigenvalue weighted by atomic mass is 10.4. The van der Waals surface area contributed by atoms with Crippen LogP contribution in [0.3, 0.4) is 0 Å². The highest BCUT2D eigenvalue weighted by Gasteiger charge is 2.05. The van der Waals surface area contributed by atoms with E-state index in [0.29, 0.717) is 6.42 Å². The zero-order chi connectivity index (χ0) is 6.57. The molecule has 2 N–H and O–H groups in total. The van der Waals surface area contributed by atoms with E-state index in [4.69, 9.17) is 5.11 Å². The number of aliphatic hydroxyl groups excluding tert-OH is 1. The number of halogens is 2. The maximum absolute atomic E-state index is 11.2. The van der Waals surface area contributed by atoms with Crippen molar-refractivity contribution >= 4 is 0 Å². The molecule has 0 aliphatic heterocycles. The Labute approximate surface area is 46.5 Å². The molecule has 0 amide bonds. The number of aliphatic hydroxyl groups is 1. The van der Waals surface area contributed by atoms with Crippen molar-refractivity contribution in [1.82, 2.24) is 5.32 Å². The topological polar surface area (TPSA) is 32.3 Å². The Morgan fingerprint density at radius 1 is 1.62 bits per heavy atom. The van der Waals surface area contributed by atoms with Crippen LogP contribution < -0.4 is 5.32 Å². The summed E-state index contributed by atoms with van der Waals surface area (Å²) in [4.78, 5) is 0. The monoisotopic (exact) mass is 125 g/mol. The van der Waals surface area contributed by atoms with Gasteiger partial charge in [0.05, 0.1) is 0 Å². The molecule has 1 atom stereocenters. The largest absolute Gasteiger partial charge is 0.378 e. The Bertz CT molecular complexity index is 60.0. The van der Waals surface area contributed by atoms with Crippen molar-refractivity contribution in [2.75, 3.05) is 0 Å². The molecule has 0 rings (SSSR count). The van der Waals surface area contributed by atoms with Crippen LogP contribution in [0.15, 0.2) is 0 Å². The molecular formula is C4H9F2NO. The molecule has 0 saturated carbocycles. The first-order valence-corrected chi connectivity index (χ1v) is 2.39. The molecule has 0 heterocycles. The maximum atomic E-state index is 11.2. The van der Waals surface area contributed by atoms with Crippen molar-refractivity contribution in [3.05, 3.63) is 0 Å². The van der Waals surface area contributed by atoms with Crippen LogP contribution in [0.2, 0.25) is 0 Å². The van der Waals surface area contributed by atoms with Crippen LogP contribution in [0, 0.1) is 0 Å². The van der Waals surface area contributed by atoms with Crippen LogP contribution in [-0.4, -0.2) is 17.9 Å². The van der Waals surface area contributed by atoms with Crippen molar-refractivity contribution < 1.29 is 13.9 Å². The molecule has 0 fully saturated rings. The van der Waals surface area contributed by atoms with Gasteiger partial charge in [0.2, 0.25) is 0 Å². The summed E-state index contributed by atoms with van der Waals surface area (Å²) in [7, 11) is 0. The highest BCUT2D eigenvalue weighted by molar-refractivity contribution is 4.44. The third kappa shape index (κ3) is 3.95. The van der Waals surface area contributed by atoms with Gasteiger partial charge in [-0.2, -0.15) is 8.78 Å². The molecule has 0 aliphatic rings. The molecule has 0 aromatic heterocycles. The molecule has 8 heavy (non-hydrogen) atoms. The number of hydrogen-bond acceptors (Lipinski definition) is 2. The van der Waals surface area contributed by atoms with Crippen LogP contribution >= 0.6 is 0 Å². The summed E-state index contributed by atoms with van der Waals surface area (Å²) in [6.45, 7) is -1.01. The van der Waals surface area contributed by atoms with Gasteiger partial charge < -0.3 is 5.11 Å². The van der Waals surface area contributed by atoms with Crippen LogP contribution in [0.1, 0.15) is 13.3 Å². The van der Waals surface area contributed by atoms with Crippen LogP contribution in [0.5, 0.6) is 0 Å². The van der Waals surface area contributed by atoms with E-state index in [1.165, 1.54) is 0 Å². The first-order valence-electron chi connectivity index (χ1n) is 2.39. The molecule has 0 radical (unpaired) electrons. The van der Waals surface area contributed by atoms with Gasteiger partial charge in [-0.25, -0.2) is 5.32 Å². The zero-order valence-corrected chi connectivity index (χ0v) is 4.56. The molecule has 0 aromatic carbocycles. The number of rotatable bonds is 3. The van der Waals surface area contributed by atoms with E-state index in [-0.39, 0.29) is 0 Å². The average Bonchev–Trinajstić information content (AvgIpc) is 1.65. The number of nitrogens with one attached hydrogen (secondary N) is 1. The molecule has 4 heteroatoms. The van der Waals surface area contributed by atoms with E-state index >= 15 is 0 Å². The van der Waals surface area contributed by atoms with Crippen molar-refractivity contribution in [1.29, 1.82) is 0 Å². The van der Waals surface area contributed by atoms with Gasteiger partial charge in [-0.05, 0) is 6.42 Å². The standard InChI is InChI=1S/C4H9F2NO/c1-2-3(8)7-4(5)6/h3-4,7-8H,2H2,1H3. The molecule has 0 bridgehead atoms. The fourth-order valence-electron chi connectivity index (χ4n) is 0.263. The first-order chi connectivity index (χ1) is 3.66. The minimum Gasteiger partial charge on any atom is -0.378 e. The van der Waals surface area contributed by atoms with Crippen molar-refractivity contribution in [2.45, 2.75) is 26.1 Å². The Morgan fingerprint density at radius 3 is 2.25 bits per heavy atom. The molecule has 0 saturated heterocycles. The summed E-state index contributed by atoms with van der Waals surface area (Å²) in [5, 5.41) is 10.1. The molecule has 50 valence electrons. The minimum atomic E-state index is -2.62. The predicted molar refractivity (Wildman–Crippen MR) is 25.4 cm³/mol. The Kier molecular flexibility index (Phi) is 3.64. The van der Waals surface area contributed by atoms with Gasteiger partial charge in [0.15, 0.2) is 0 Å². The van der Waals surface area contributed by atoms with Crippen molar-refractivity contribution in [3.63, 3.8) is 0 Å². The van der Waals surface area contributed by atoms with Crippen LogP contribution in [0.4, 0.5) is 8.78 Å². The summed E-state index contributed by atoms with van der Waals surface area (Å²) in [5.41, 5.74) is 0. The van der Waals surface area contributed by atoms with Gasteiger partial charge in [-0.3, -0.25) is 0 Å². The predicted octanol–water partition coefficient (Wildman–Crippen LogP) is 0.527. The molecule has 1 unspecified atom stereocenters. The smallest absolute Gasteiger partial charge is 0.294 e. The second-order valence-corrected chi connectivity index (χ2v) is 1.39. The zero-order valence-electron chi connectivity index (χ0n) is 4.56. The highest BCUT2D eigenvalue weighted by Crippen LogP contribution is 1.90. The Hall–Kier alpha value is -0.220. The number of hydrogen-bond donors (Lipinski definition) is 2. The summed E-state index contributed by atoms with van der Waals surface area (Å²) in [6, 6.07) is 0. The summed E-state index contributed by atoms with van der Waals surface area (Å²) in [5.74, 6) is 0. The van der Waals surface area contributed by atoms with Gasteiger partial charge >= 0.3 is 0 Å². The van der Waals surface area contributed by atoms with E-state index in [0.717, 1.165) is 0 Å². The minimum absolute atomic E-state index is 0.296. The van der Waals surface area contributed by atoms with Gasteiger partial charge in [0.25, 0.3) is 6.55 Å². The summed E-state index contributed by atoms with van der Waals surface area (Å²) < 4.78 is 22.4. The molecule has 0 spiro atoms. The van der Waals surface area contributed by atoms with E-state index in [1.807, 2.05) is 0 Å². The van der Waals surface area contributed by atoms with Gasteiger partial charge in [0.1, 0.15) is 6.23 Å². The molecular weight excluding hydrogens is 116 g/mol. The Balaban J connectivity index is 3.10. The van der Waals surface area contributed by atoms with Crippen molar-refractivity contribution in [2.24, 2.45) is 0 Å². The SMILES string of the molecule is CCC(O)NC(F)F. The number of alkyl halides is 2. The van der Waals surface area contributed by atoms with E-state index < -0.39 is 12.8 Å². The van der Waals surface area contributed by atoms with Crippen molar-refractivity contribution in [3.8, 4) is 0 Å². The van der Waals surface area contributed by atoms with E-state index in [1.54, 1.807) is 12.2 Å². The van der Waals surface area contributed by atoms with Gasteiger partial charge in [-0.15, -0.1) is 0 Å². The fourth-order valence-corrected chi connectivity index (χ4v) is 0.263. The third-order valence-electron chi connectivity index (χ3n) is 0.705. The molecule has 0 aliphatic carbocycles. The van der Waals surface area contributed by atoms with Gasteiger partial charge in [-0.1, -0.05) is 6.92 Å². The quantitative estimate of drug-likeness (QED) is 0.426. The fraction of sp³-hybridized carbons (Fsp3) is 1.00. The Morgan fingerprint density at radius 2 is 2.12 bits per heavy atom. The first kappa shape index (κ1) is 7.78. The third-order valence-corrected chi connectivity index (χ3v) is 0.705. The summed E-state index contributed by atoms with van der Waals surface area (Å²) in [6.07, 6.45) is -0.778. The molecule has 0 aromatic rings. The average molecular weight is 125 g/mol. The molecule has 2 nitrogen and oxygen atoms in total. The van der Waals surface area contributed by atoms with Crippen LogP contribution in [-0.2, 0) is 0 Å². The van der Waals surface area contributed by atoms with Gasteiger partial charge in [0, 0.05) is 0 Å². The summed E-state index contributed by atoms with van der Waals surface area (Å²) >= 11 is 0. The lowest BCUT2D eigenvalue weighted by molar-refractivity contribution is 0.0207. The second-order valence-electron chi connectivity index (χ2n) is 1.39. The lowest BCUT2D eigenvalue weighted by Crippen LogP contribution is -2.32.